The van der Waals surface area contributed by atoms with E-state index < -0.39 is 11.9 Å². The Morgan fingerprint density at radius 3 is 2.38 bits per heavy atom. The Bertz CT molecular complexity index is 976. The van der Waals surface area contributed by atoms with Gasteiger partial charge in [-0.15, -0.1) is 11.3 Å². The van der Waals surface area contributed by atoms with E-state index in [2.05, 4.69) is 37.2 Å². The summed E-state index contributed by atoms with van der Waals surface area (Å²) in [5.74, 6) is -0.809. The van der Waals surface area contributed by atoms with Gasteiger partial charge in [0.05, 0.1) is 7.11 Å². The lowest BCUT2D eigenvalue weighted by Crippen LogP contribution is -2.13. The molecule has 0 radical (unpaired) electrons. The summed E-state index contributed by atoms with van der Waals surface area (Å²) in [5, 5.41) is 3.17. The highest BCUT2D eigenvalue weighted by molar-refractivity contribution is 9.10. The second kappa shape index (κ2) is 7.77. The molecule has 3 rings (SSSR count). The lowest BCUT2D eigenvalue weighted by Gasteiger charge is -2.07. The molecular weight excluding hydrogens is 486 g/mol. The first-order valence-electron chi connectivity index (χ1n) is 7.45. The number of benzene rings is 1. The van der Waals surface area contributed by atoms with E-state index >= 15 is 0 Å². The van der Waals surface area contributed by atoms with Gasteiger partial charge >= 0.3 is 5.97 Å². The number of amides is 1. The van der Waals surface area contributed by atoms with E-state index in [0.29, 0.717) is 15.2 Å². The van der Waals surface area contributed by atoms with Crippen LogP contribution in [0.4, 0.5) is 5.00 Å². The summed E-state index contributed by atoms with van der Waals surface area (Å²) in [5.41, 5.74) is 1.94. The molecule has 134 valence electrons. The van der Waals surface area contributed by atoms with Crippen molar-refractivity contribution in [2.24, 2.45) is 0 Å². The highest BCUT2D eigenvalue weighted by Gasteiger charge is 2.26. The van der Waals surface area contributed by atoms with Gasteiger partial charge in [-0.2, -0.15) is 0 Å². The zero-order valence-electron chi connectivity index (χ0n) is 13.8. The average Bonchev–Trinajstić information content (AvgIpc) is 3.18. The number of thiophene rings is 1. The Morgan fingerprint density at radius 2 is 1.81 bits per heavy atom. The number of ether oxygens (including phenoxy) is 1. The number of hydrogen-bond donors (Lipinski definition) is 1. The van der Waals surface area contributed by atoms with Crippen molar-refractivity contribution in [2.45, 2.75) is 6.92 Å². The molecule has 3 aromatic rings. The molecule has 0 bridgehead atoms. The monoisotopic (exact) mass is 497 g/mol. The number of nitrogens with one attached hydrogen (secondary N) is 1. The molecule has 26 heavy (non-hydrogen) atoms. The van der Waals surface area contributed by atoms with Gasteiger partial charge in [0.25, 0.3) is 5.91 Å². The molecule has 5 nitrogen and oxygen atoms in total. The minimum absolute atomic E-state index is 0.143. The van der Waals surface area contributed by atoms with Gasteiger partial charge in [0, 0.05) is 14.9 Å². The first-order valence-corrected chi connectivity index (χ1v) is 9.85. The molecule has 0 aliphatic carbocycles. The van der Waals surface area contributed by atoms with E-state index in [9.17, 15) is 9.59 Å². The summed E-state index contributed by atoms with van der Waals surface area (Å²) < 4.78 is 11.6. The van der Waals surface area contributed by atoms with E-state index in [4.69, 9.17) is 9.15 Å². The van der Waals surface area contributed by atoms with Crippen molar-refractivity contribution in [1.82, 2.24) is 0 Å². The standard InChI is InChI=1S/C18H13Br2NO4S/c1-9-14(10-3-5-11(19)6-4-10)15(18(23)24-2)17(26-9)21-16(22)12-7-8-13(20)25-12/h3-8H,1-2H3,(H,21,22). The molecule has 0 unspecified atom stereocenters. The van der Waals surface area contributed by atoms with Gasteiger partial charge in [-0.05, 0) is 52.7 Å². The smallest absolute Gasteiger partial charge is 0.341 e. The third-order valence-corrected chi connectivity index (χ3v) is 5.61. The predicted octanol–water partition coefficient (Wildman–Crippen LogP) is 5.88. The van der Waals surface area contributed by atoms with Crippen LogP contribution in [0.5, 0.6) is 0 Å². The second-order valence-corrected chi connectivity index (χ2v) is 8.22. The van der Waals surface area contributed by atoms with Crippen LogP contribution in [0, 0.1) is 6.92 Å². The summed E-state index contributed by atoms with van der Waals surface area (Å²) in [6.07, 6.45) is 0. The number of hydrogen-bond acceptors (Lipinski definition) is 5. The number of furan rings is 1. The Labute approximate surface area is 170 Å². The van der Waals surface area contributed by atoms with Crippen LogP contribution in [0.15, 0.2) is 50.0 Å². The van der Waals surface area contributed by atoms with Crippen molar-refractivity contribution >= 4 is 60.1 Å². The lowest BCUT2D eigenvalue weighted by atomic mass is 10.0. The topological polar surface area (TPSA) is 68.5 Å². The molecule has 8 heteroatoms. The van der Waals surface area contributed by atoms with Crippen LogP contribution in [0.2, 0.25) is 0 Å². The maximum Gasteiger partial charge on any atom is 0.341 e. The molecule has 0 saturated carbocycles. The summed E-state index contributed by atoms with van der Waals surface area (Å²) in [6, 6.07) is 10.8. The third-order valence-electron chi connectivity index (χ3n) is 3.63. The fourth-order valence-electron chi connectivity index (χ4n) is 2.49. The van der Waals surface area contributed by atoms with Gasteiger partial charge in [-0.3, -0.25) is 4.79 Å². The van der Waals surface area contributed by atoms with E-state index in [1.54, 1.807) is 12.1 Å². The van der Waals surface area contributed by atoms with Crippen LogP contribution in [0.1, 0.15) is 25.8 Å². The van der Waals surface area contributed by atoms with Gasteiger partial charge in [-0.25, -0.2) is 4.79 Å². The summed E-state index contributed by atoms with van der Waals surface area (Å²) >= 11 is 7.88. The molecule has 2 aromatic heterocycles. The Hall–Kier alpha value is -1.90. The Kier molecular flexibility index (Phi) is 5.64. The minimum atomic E-state index is -0.511. The molecule has 1 amide bonds. The van der Waals surface area contributed by atoms with Crippen LogP contribution in [-0.2, 0) is 4.74 Å². The number of carbonyl (C=O) groups excluding carboxylic acids is 2. The van der Waals surface area contributed by atoms with E-state index in [1.165, 1.54) is 18.4 Å². The first-order chi connectivity index (χ1) is 12.4. The number of halogens is 2. The van der Waals surface area contributed by atoms with Crippen molar-refractivity contribution in [3.05, 3.63) is 61.7 Å². The summed E-state index contributed by atoms with van der Waals surface area (Å²) in [7, 11) is 1.32. The van der Waals surface area contributed by atoms with Gasteiger partial charge in [0.15, 0.2) is 10.4 Å². The highest BCUT2D eigenvalue weighted by atomic mass is 79.9. The second-order valence-electron chi connectivity index (χ2n) is 5.29. The van der Waals surface area contributed by atoms with Crippen LogP contribution < -0.4 is 5.32 Å². The quantitative estimate of drug-likeness (QED) is 0.456. The molecule has 0 aliphatic rings. The molecule has 2 heterocycles. The fourth-order valence-corrected chi connectivity index (χ4v) is 4.12. The highest BCUT2D eigenvalue weighted by Crippen LogP contribution is 2.40. The maximum atomic E-state index is 12.4. The number of aryl methyl sites for hydroxylation is 1. The zero-order chi connectivity index (χ0) is 18.8. The number of carbonyl (C=O) groups is 2. The summed E-state index contributed by atoms with van der Waals surface area (Å²) in [6.45, 7) is 1.90. The van der Waals surface area contributed by atoms with Gasteiger partial charge in [-0.1, -0.05) is 28.1 Å². The maximum absolute atomic E-state index is 12.4. The van der Waals surface area contributed by atoms with Crippen LogP contribution in [0.25, 0.3) is 11.1 Å². The van der Waals surface area contributed by atoms with Crippen molar-refractivity contribution in [3.8, 4) is 11.1 Å². The van der Waals surface area contributed by atoms with Gasteiger partial charge in [0.2, 0.25) is 0 Å². The van der Waals surface area contributed by atoms with E-state index in [0.717, 1.165) is 20.5 Å². The lowest BCUT2D eigenvalue weighted by molar-refractivity contribution is 0.0603. The van der Waals surface area contributed by atoms with Crippen molar-refractivity contribution in [1.29, 1.82) is 0 Å². The van der Waals surface area contributed by atoms with Crippen LogP contribution in [-0.4, -0.2) is 19.0 Å². The normalized spacial score (nSPS) is 10.6. The predicted molar refractivity (Wildman–Crippen MR) is 108 cm³/mol. The number of rotatable bonds is 4. The molecule has 0 aliphatic heterocycles. The van der Waals surface area contributed by atoms with Crippen molar-refractivity contribution in [2.75, 3.05) is 12.4 Å². The summed E-state index contributed by atoms with van der Waals surface area (Å²) in [4.78, 5) is 25.7. The third kappa shape index (κ3) is 3.77. The molecule has 1 aromatic carbocycles. The van der Waals surface area contributed by atoms with E-state index in [1.807, 2.05) is 31.2 Å². The SMILES string of the molecule is COC(=O)c1c(NC(=O)c2ccc(Br)o2)sc(C)c1-c1ccc(Br)cc1. The van der Waals surface area contributed by atoms with Crippen molar-refractivity contribution < 1.29 is 18.7 Å². The Morgan fingerprint density at radius 1 is 1.12 bits per heavy atom. The van der Waals surface area contributed by atoms with Gasteiger partial charge in [0.1, 0.15) is 10.6 Å². The molecule has 0 saturated heterocycles. The molecule has 0 spiro atoms. The fraction of sp³-hybridized carbons (Fsp3) is 0.111. The minimum Gasteiger partial charge on any atom is -0.465 e. The molecule has 0 fully saturated rings. The number of esters is 1. The van der Waals surface area contributed by atoms with E-state index in [-0.39, 0.29) is 5.76 Å². The molecule has 0 atom stereocenters. The average molecular weight is 499 g/mol. The Balaban J connectivity index is 2.05. The van der Waals surface area contributed by atoms with Gasteiger partial charge < -0.3 is 14.5 Å². The van der Waals surface area contributed by atoms with Crippen molar-refractivity contribution in [3.63, 3.8) is 0 Å². The van der Waals surface area contributed by atoms with Crippen LogP contribution >= 0.6 is 43.2 Å². The first kappa shape index (κ1) is 18.9. The number of anilines is 1. The largest absolute Gasteiger partial charge is 0.465 e. The molecular formula is C18H13Br2NO4S. The molecule has 1 N–H and O–H groups in total. The number of methoxy groups -OCH3 is 1. The van der Waals surface area contributed by atoms with Crippen LogP contribution in [0.3, 0.4) is 0 Å². The zero-order valence-corrected chi connectivity index (χ0v) is 17.7.